The molecule has 0 bridgehead atoms. The first-order valence-electron chi connectivity index (χ1n) is 4.90. The maximum Gasteiger partial charge on any atom is 0.0785 e. The Kier molecular flexibility index (Phi) is 3.43. The van der Waals surface area contributed by atoms with E-state index in [1.165, 1.54) is 9.79 Å². The summed E-state index contributed by atoms with van der Waals surface area (Å²) < 4.78 is 0. The molecular formula is C13H14OS. The zero-order valence-corrected chi connectivity index (χ0v) is 9.27. The van der Waals surface area contributed by atoms with E-state index in [0.29, 0.717) is 0 Å². The van der Waals surface area contributed by atoms with E-state index < -0.39 is 10.9 Å². The molecule has 0 heterocycles. The van der Waals surface area contributed by atoms with Crippen molar-refractivity contribution in [2.75, 3.05) is 5.94 Å². The van der Waals surface area contributed by atoms with E-state index in [9.17, 15) is 5.11 Å². The van der Waals surface area contributed by atoms with Gasteiger partial charge in [0.05, 0.1) is 5.94 Å². The highest BCUT2D eigenvalue weighted by Crippen LogP contribution is 2.42. The van der Waals surface area contributed by atoms with E-state index in [2.05, 4.69) is 24.3 Å². The Morgan fingerprint density at radius 3 is 1.47 bits per heavy atom. The Bertz CT molecular complexity index is 360. The van der Waals surface area contributed by atoms with Crippen molar-refractivity contribution < 1.29 is 5.11 Å². The van der Waals surface area contributed by atoms with Crippen molar-refractivity contribution in [3.05, 3.63) is 60.7 Å². The van der Waals surface area contributed by atoms with Crippen molar-refractivity contribution in [2.45, 2.75) is 9.79 Å². The van der Waals surface area contributed by atoms with Crippen LogP contribution in [0.1, 0.15) is 0 Å². The number of aliphatic hydroxyl groups excluding tert-OH is 1. The molecule has 2 rings (SSSR count). The van der Waals surface area contributed by atoms with E-state index in [0.717, 1.165) is 0 Å². The average Bonchev–Trinajstić information content (AvgIpc) is 2.33. The van der Waals surface area contributed by atoms with Crippen LogP contribution in [0.15, 0.2) is 70.5 Å². The number of hydrogen-bond acceptors (Lipinski definition) is 1. The lowest BCUT2D eigenvalue weighted by molar-refractivity contribution is 0.373. The third-order valence-electron chi connectivity index (χ3n) is 2.28. The fourth-order valence-corrected chi connectivity index (χ4v) is 3.22. The van der Waals surface area contributed by atoms with E-state index >= 15 is 0 Å². The molecule has 0 amide bonds. The lowest BCUT2D eigenvalue weighted by Gasteiger charge is -2.19. The van der Waals surface area contributed by atoms with Crippen LogP contribution in [-0.2, 0) is 0 Å². The van der Waals surface area contributed by atoms with Gasteiger partial charge in [0.15, 0.2) is 0 Å². The Balaban J connectivity index is 2.34. The lowest BCUT2D eigenvalue weighted by atomic mass is 10.4. The van der Waals surface area contributed by atoms with Crippen molar-refractivity contribution in [3.8, 4) is 0 Å². The molecule has 2 aromatic carbocycles. The second-order valence-corrected chi connectivity index (χ2v) is 5.41. The van der Waals surface area contributed by atoms with Gasteiger partial charge >= 0.3 is 0 Å². The average molecular weight is 218 g/mol. The van der Waals surface area contributed by atoms with Crippen LogP contribution in [0.3, 0.4) is 0 Å². The molecule has 0 fully saturated rings. The molecule has 1 nitrogen and oxygen atoms in total. The molecule has 0 saturated heterocycles. The van der Waals surface area contributed by atoms with Crippen LogP contribution in [-0.4, -0.2) is 11.0 Å². The van der Waals surface area contributed by atoms with Crippen molar-refractivity contribution in [3.63, 3.8) is 0 Å². The first-order valence-corrected chi connectivity index (χ1v) is 6.43. The van der Waals surface area contributed by atoms with Crippen molar-refractivity contribution in [1.82, 2.24) is 0 Å². The van der Waals surface area contributed by atoms with Gasteiger partial charge in [0.2, 0.25) is 0 Å². The predicted molar refractivity (Wildman–Crippen MR) is 65.5 cm³/mol. The molecule has 15 heavy (non-hydrogen) atoms. The van der Waals surface area contributed by atoms with E-state index in [1.54, 1.807) is 0 Å². The highest BCUT2D eigenvalue weighted by molar-refractivity contribution is 8.17. The summed E-state index contributed by atoms with van der Waals surface area (Å²) in [5, 5.41) is 9.46. The van der Waals surface area contributed by atoms with Gasteiger partial charge in [-0.1, -0.05) is 36.4 Å². The van der Waals surface area contributed by atoms with Gasteiger partial charge in [-0.05, 0) is 34.1 Å². The highest BCUT2D eigenvalue weighted by Gasteiger charge is 2.06. The molecule has 0 aromatic heterocycles. The van der Waals surface area contributed by atoms with Crippen molar-refractivity contribution in [1.29, 1.82) is 0 Å². The summed E-state index contributed by atoms with van der Waals surface area (Å²) in [7, 11) is -0.593. The molecule has 2 heteroatoms. The van der Waals surface area contributed by atoms with E-state index in [-0.39, 0.29) is 5.94 Å². The van der Waals surface area contributed by atoms with Gasteiger partial charge in [0.1, 0.15) is 0 Å². The molecule has 1 N–H and O–H groups in total. The van der Waals surface area contributed by atoms with Crippen LogP contribution in [0.25, 0.3) is 0 Å². The monoisotopic (exact) mass is 218 g/mol. The molecular weight excluding hydrogens is 204 g/mol. The van der Waals surface area contributed by atoms with E-state index in [1.807, 2.05) is 36.4 Å². The predicted octanol–water partition coefficient (Wildman–Crippen LogP) is 3.06. The van der Waals surface area contributed by atoms with Gasteiger partial charge in [0.25, 0.3) is 0 Å². The molecule has 0 unspecified atom stereocenters. The summed E-state index contributed by atoms with van der Waals surface area (Å²) in [6.07, 6.45) is 0. The van der Waals surface area contributed by atoms with Crippen LogP contribution in [0, 0.1) is 0 Å². The van der Waals surface area contributed by atoms with Gasteiger partial charge in [-0.15, -0.1) is 0 Å². The normalized spacial score (nSPS) is 11.1. The minimum absolute atomic E-state index is 0.212. The summed E-state index contributed by atoms with van der Waals surface area (Å²) in [4.78, 5) is 2.45. The largest absolute Gasteiger partial charge is 0.387 e. The Morgan fingerprint density at radius 1 is 0.733 bits per heavy atom. The quantitative estimate of drug-likeness (QED) is 0.759. The lowest BCUT2D eigenvalue weighted by Crippen LogP contribution is -1.90. The zero-order chi connectivity index (χ0) is 10.5. The summed E-state index contributed by atoms with van der Waals surface area (Å²) in [5.74, 6) is 0.212. The maximum absolute atomic E-state index is 9.46. The van der Waals surface area contributed by atoms with Crippen LogP contribution in [0.4, 0.5) is 0 Å². The van der Waals surface area contributed by atoms with Crippen molar-refractivity contribution >= 4 is 10.9 Å². The molecule has 0 aliphatic carbocycles. The number of benzene rings is 2. The third kappa shape index (κ3) is 2.41. The molecule has 0 saturated carbocycles. The molecule has 0 spiro atoms. The second-order valence-electron chi connectivity index (χ2n) is 3.24. The summed E-state index contributed by atoms with van der Waals surface area (Å²) in [6.45, 7) is 0. The maximum atomic E-state index is 9.46. The molecule has 0 aliphatic rings. The van der Waals surface area contributed by atoms with Gasteiger partial charge in [0, 0.05) is 0 Å². The SMILES string of the molecule is OC[SH](c1ccccc1)c1ccccc1. The third-order valence-corrected chi connectivity index (χ3v) is 4.40. The molecule has 2 aromatic rings. The van der Waals surface area contributed by atoms with Crippen LogP contribution >= 0.6 is 10.9 Å². The molecule has 0 radical (unpaired) electrons. The fourth-order valence-electron chi connectivity index (χ4n) is 1.53. The van der Waals surface area contributed by atoms with Gasteiger partial charge in [-0.2, -0.15) is 10.9 Å². The zero-order valence-electron chi connectivity index (χ0n) is 8.38. The molecule has 78 valence electrons. The minimum Gasteiger partial charge on any atom is -0.387 e. The van der Waals surface area contributed by atoms with Crippen LogP contribution in [0.5, 0.6) is 0 Å². The topological polar surface area (TPSA) is 20.2 Å². The highest BCUT2D eigenvalue weighted by atomic mass is 32.2. The number of hydrogen-bond donors (Lipinski definition) is 2. The number of thiol groups is 1. The molecule has 0 aliphatic heterocycles. The summed E-state index contributed by atoms with van der Waals surface area (Å²) >= 11 is 0. The minimum atomic E-state index is -0.593. The first kappa shape index (κ1) is 10.3. The van der Waals surface area contributed by atoms with Gasteiger partial charge in [-0.3, -0.25) is 0 Å². The molecule has 0 atom stereocenters. The Morgan fingerprint density at radius 2 is 1.13 bits per heavy atom. The fraction of sp³-hybridized carbons (Fsp3) is 0.0769. The second kappa shape index (κ2) is 5.01. The number of rotatable bonds is 3. The van der Waals surface area contributed by atoms with E-state index in [4.69, 9.17) is 0 Å². The summed E-state index contributed by atoms with van der Waals surface area (Å²) in [6, 6.07) is 20.4. The first-order chi connectivity index (χ1) is 7.42. The standard InChI is InChI=1S/C13H14OS/c14-11-15(12-7-3-1-4-8-12)13-9-5-2-6-10-13/h1-10,14-15H,11H2. The number of aliphatic hydroxyl groups is 1. The van der Waals surface area contributed by atoms with Crippen LogP contribution in [0.2, 0.25) is 0 Å². The van der Waals surface area contributed by atoms with Crippen molar-refractivity contribution in [2.24, 2.45) is 0 Å². The van der Waals surface area contributed by atoms with Gasteiger partial charge in [-0.25, -0.2) is 0 Å². The van der Waals surface area contributed by atoms with Crippen LogP contribution < -0.4 is 0 Å². The smallest absolute Gasteiger partial charge is 0.0785 e. The van der Waals surface area contributed by atoms with Gasteiger partial charge < -0.3 is 5.11 Å². The Labute approximate surface area is 92.7 Å². The Hall–Kier alpha value is -1.25. The summed E-state index contributed by atoms with van der Waals surface area (Å²) in [5.41, 5.74) is 0.